The maximum atomic E-state index is 11.0. The Morgan fingerprint density at radius 1 is 1.53 bits per heavy atom. The zero-order chi connectivity index (χ0) is 12.8. The van der Waals surface area contributed by atoms with Gasteiger partial charge in [0.1, 0.15) is 18.3 Å². The van der Waals surface area contributed by atoms with Crippen molar-refractivity contribution in [1.29, 1.82) is 5.26 Å². The van der Waals surface area contributed by atoms with Gasteiger partial charge in [-0.05, 0) is 18.9 Å². The molecule has 0 spiro atoms. The van der Waals surface area contributed by atoms with Crippen molar-refractivity contribution in [2.45, 2.75) is 39.2 Å². The lowest BCUT2D eigenvalue weighted by Gasteiger charge is -2.09. The smallest absolute Gasteiger partial charge is 0.237 e. The summed E-state index contributed by atoms with van der Waals surface area (Å²) in [4.78, 5) is 11.0. The number of nitrogens with two attached hydrogens (primary N) is 2. The minimum atomic E-state index is -0.464. The summed E-state index contributed by atoms with van der Waals surface area (Å²) in [6, 6.07) is 3.63. The highest BCUT2D eigenvalue weighted by atomic mass is 16.1. The topological polar surface area (TPSA) is 97.8 Å². The van der Waals surface area contributed by atoms with Crippen LogP contribution in [-0.4, -0.2) is 10.5 Å². The average molecular weight is 234 g/mol. The van der Waals surface area contributed by atoms with E-state index in [-0.39, 0.29) is 6.54 Å². The van der Waals surface area contributed by atoms with Crippen molar-refractivity contribution in [3.05, 3.63) is 17.5 Å². The Labute approximate surface area is 101 Å². The number of unbranched alkanes of at least 4 members (excludes halogenated alkanes) is 2. The molecule has 1 rings (SSSR count). The summed E-state index contributed by atoms with van der Waals surface area (Å²) in [5, 5.41) is 8.96. The predicted molar refractivity (Wildman–Crippen MR) is 66.0 cm³/mol. The molecule has 0 radical (unpaired) electrons. The molecule has 4 N–H and O–H groups in total. The molecule has 0 unspecified atom stereocenters. The molecule has 5 heteroatoms. The highest BCUT2D eigenvalue weighted by Crippen LogP contribution is 2.20. The van der Waals surface area contributed by atoms with Gasteiger partial charge in [-0.1, -0.05) is 19.8 Å². The van der Waals surface area contributed by atoms with Crippen LogP contribution in [0.25, 0.3) is 0 Å². The third-order valence-electron chi connectivity index (χ3n) is 2.69. The SMILES string of the molecule is CCCCCc1c(N)cc(C#N)n1CC(N)=O. The Morgan fingerprint density at radius 3 is 2.76 bits per heavy atom. The van der Waals surface area contributed by atoms with E-state index >= 15 is 0 Å². The van der Waals surface area contributed by atoms with Gasteiger partial charge in [-0.25, -0.2) is 0 Å². The van der Waals surface area contributed by atoms with E-state index in [1.54, 1.807) is 10.6 Å². The summed E-state index contributed by atoms with van der Waals surface area (Å²) >= 11 is 0. The largest absolute Gasteiger partial charge is 0.397 e. The third kappa shape index (κ3) is 3.25. The van der Waals surface area contributed by atoms with Gasteiger partial charge in [0.2, 0.25) is 5.91 Å². The molecule has 17 heavy (non-hydrogen) atoms. The number of carbonyl (C=O) groups is 1. The van der Waals surface area contributed by atoms with Crippen LogP contribution in [0.4, 0.5) is 5.69 Å². The van der Waals surface area contributed by atoms with E-state index < -0.39 is 5.91 Å². The molecular formula is C12H18N4O. The van der Waals surface area contributed by atoms with Gasteiger partial charge in [0.05, 0.1) is 5.69 Å². The molecule has 1 heterocycles. The van der Waals surface area contributed by atoms with Crippen molar-refractivity contribution < 1.29 is 4.79 Å². The van der Waals surface area contributed by atoms with Crippen LogP contribution in [0.3, 0.4) is 0 Å². The number of primary amides is 1. The monoisotopic (exact) mass is 234 g/mol. The Balaban J connectivity index is 2.96. The number of aromatic nitrogens is 1. The Hall–Kier alpha value is -1.96. The summed E-state index contributed by atoms with van der Waals surface area (Å²) in [7, 11) is 0. The van der Waals surface area contributed by atoms with Crippen molar-refractivity contribution in [1.82, 2.24) is 4.57 Å². The van der Waals surface area contributed by atoms with E-state index in [2.05, 4.69) is 6.92 Å². The van der Waals surface area contributed by atoms with Gasteiger partial charge in [0.25, 0.3) is 0 Å². The van der Waals surface area contributed by atoms with E-state index in [0.717, 1.165) is 31.4 Å². The standard InChI is InChI=1S/C12H18N4O/c1-2-3-4-5-11-10(14)6-9(7-13)16(11)8-12(15)17/h6H,2-5,8,14H2,1H3,(H2,15,17). The predicted octanol–water partition coefficient (Wildman–Crippen LogP) is 1.16. The fourth-order valence-corrected chi connectivity index (χ4v) is 1.86. The maximum absolute atomic E-state index is 11.0. The Bertz CT molecular complexity index is 442. The second kappa shape index (κ2) is 5.94. The molecule has 1 amide bonds. The molecule has 0 bridgehead atoms. The van der Waals surface area contributed by atoms with Crippen LogP contribution in [0, 0.1) is 11.3 Å². The Morgan fingerprint density at radius 2 is 2.24 bits per heavy atom. The minimum Gasteiger partial charge on any atom is -0.397 e. The first-order chi connectivity index (χ1) is 8.10. The van der Waals surface area contributed by atoms with Crippen LogP contribution in [0.1, 0.15) is 37.6 Å². The van der Waals surface area contributed by atoms with Crippen molar-refractivity contribution in [3.63, 3.8) is 0 Å². The van der Waals surface area contributed by atoms with Crippen LogP contribution in [0.2, 0.25) is 0 Å². The van der Waals surface area contributed by atoms with Crippen molar-refractivity contribution in [3.8, 4) is 6.07 Å². The highest BCUT2D eigenvalue weighted by molar-refractivity contribution is 5.74. The van der Waals surface area contributed by atoms with Gasteiger partial charge in [-0.2, -0.15) is 5.26 Å². The van der Waals surface area contributed by atoms with Gasteiger partial charge in [-0.15, -0.1) is 0 Å². The van der Waals surface area contributed by atoms with Crippen LogP contribution in [0.5, 0.6) is 0 Å². The van der Waals surface area contributed by atoms with E-state index in [1.807, 2.05) is 6.07 Å². The molecule has 1 aromatic heterocycles. The number of anilines is 1. The minimum absolute atomic E-state index is 0.0154. The quantitative estimate of drug-likeness (QED) is 0.722. The molecular weight excluding hydrogens is 216 g/mol. The second-order valence-electron chi connectivity index (χ2n) is 4.05. The molecule has 1 aromatic rings. The summed E-state index contributed by atoms with van der Waals surface area (Å²) in [6.07, 6.45) is 3.98. The highest BCUT2D eigenvalue weighted by Gasteiger charge is 2.14. The van der Waals surface area contributed by atoms with Crippen LogP contribution >= 0.6 is 0 Å². The van der Waals surface area contributed by atoms with E-state index in [4.69, 9.17) is 16.7 Å². The van der Waals surface area contributed by atoms with Gasteiger partial charge < -0.3 is 16.0 Å². The van der Waals surface area contributed by atoms with Gasteiger partial charge in [0.15, 0.2) is 0 Å². The lowest BCUT2D eigenvalue weighted by Crippen LogP contribution is -2.21. The number of carbonyl (C=O) groups excluding carboxylic acids is 1. The first-order valence-corrected chi connectivity index (χ1v) is 5.76. The van der Waals surface area contributed by atoms with Crippen LogP contribution < -0.4 is 11.5 Å². The molecule has 0 fully saturated rings. The normalized spacial score (nSPS) is 10.1. The molecule has 0 saturated heterocycles. The van der Waals surface area contributed by atoms with Gasteiger partial charge in [-0.3, -0.25) is 4.79 Å². The summed E-state index contributed by atoms with van der Waals surface area (Å²) in [5.74, 6) is -0.464. The maximum Gasteiger partial charge on any atom is 0.237 e. The third-order valence-corrected chi connectivity index (χ3v) is 2.69. The van der Waals surface area contributed by atoms with E-state index in [9.17, 15) is 4.79 Å². The van der Waals surface area contributed by atoms with Crippen molar-refractivity contribution >= 4 is 11.6 Å². The molecule has 0 aliphatic carbocycles. The number of rotatable bonds is 6. The summed E-state index contributed by atoms with van der Waals surface area (Å²) in [6.45, 7) is 2.13. The fraction of sp³-hybridized carbons (Fsp3) is 0.500. The van der Waals surface area contributed by atoms with Crippen molar-refractivity contribution in [2.75, 3.05) is 5.73 Å². The first kappa shape index (κ1) is 13.1. The summed E-state index contributed by atoms with van der Waals surface area (Å²) in [5.41, 5.74) is 12.8. The van der Waals surface area contributed by atoms with E-state index in [0.29, 0.717) is 11.4 Å². The first-order valence-electron chi connectivity index (χ1n) is 5.76. The molecule has 5 nitrogen and oxygen atoms in total. The zero-order valence-corrected chi connectivity index (χ0v) is 10.1. The molecule has 0 aromatic carbocycles. The number of amides is 1. The van der Waals surface area contributed by atoms with Crippen LogP contribution in [0.15, 0.2) is 6.07 Å². The second-order valence-corrected chi connectivity index (χ2v) is 4.05. The molecule has 92 valence electrons. The van der Waals surface area contributed by atoms with Crippen LogP contribution in [-0.2, 0) is 17.8 Å². The molecule has 0 atom stereocenters. The number of nitrogens with zero attached hydrogens (tertiary/aromatic N) is 2. The number of nitriles is 1. The number of nitrogen functional groups attached to an aromatic ring is 1. The number of hydrogen-bond donors (Lipinski definition) is 2. The number of hydrogen-bond acceptors (Lipinski definition) is 3. The average Bonchev–Trinajstić information content (AvgIpc) is 2.56. The van der Waals surface area contributed by atoms with E-state index in [1.165, 1.54) is 0 Å². The molecule has 0 aliphatic rings. The lowest BCUT2D eigenvalue weighted by molar-refractivity contribution is -0.118. The molecule has 0 saturated carbocycles. The molecule has 0 aliphatic heterocycles. The van der Waals surface area contributed by atoms with Crippen molar-refractivity contribution in [2.24, 2.45) is 5.73 Å². The zero-order valence-electron chi connectivity index (χ0n) is 10.1. The van der Waals surface area contributed by atoms with Gasteiger partial charge >= 0.3 is 0 Å². The van der Waals surface area contributed by atoms with Gasteiger partial charge in [0, 0.05) is 5.69 Å². The Kier molecular flexibility index (Phi) is 4.58. The lowest BCUT2D eigenvalue weighted by atomic mass is 10.1. The fourth-order valence-electron chi connectivity index (χ4n) is 1.86. The summed E-state index contributed by atoms with van der Waals surface area (Å²) < 4.78 is 1.62.